The molecule has 2 N–H and O–H groups in total. The number of H-pyrrole nitrogens is 1. The summed E-state index contributed by atoms with van der Waals surface area (Å²) in [6.45, 7) is 4.24. The van der Waals surface area contributed by atoms with E-state index in [1.165, 1.54) is 10.7 Å². The summed E-state index contributed by atoms with van der Waals surface area (Å²) in [5, 5.41) is 9.51. The molecule has 0 aliphatic carbocycles. The van der Waals surface area contributed by atoms with Gasteiger partial charge < -0.3 is 5.32 Å². The molecule has 1 atom stereocenters. The van der Waals surface area contributed by atoms with Crippen LogP contribution in [0.25, 0.3) is 5.65 Å². The van der Waals surface area contributed by atoms with Gasteiger partial charge in [-0.25, -0.2) is 19.3 Å². The maximum Gasteiger partial charge on any atom is 0.348 e. The maximum atomic E-state index is 11.2. The van der Waals surface area contributed by atoms with Gasteiger partial charge in [0.25, 0.3) is 0 Å². The number of hydrogen-bond acceptors (Lipinski definition) is 4. The van der Waals surface area contributed by atoms with E-state index in [9.17, 15) is 4.79 Å². The van der Waals surface area contributed by atoms with Gasteiger partial charge in [-0.15, -0.1) is 0 Å². The quantitative estimate of drug-likeness (QED) is 0.808. The SMILES string of the molecule is CCCC(C)Nc1cc2n[nH]c(=O)n2cn1. The maximum absolute atomic E-state index is 11.2. The summed E-state index contributed by atoms with van der Waals surface area (Å²) in [4.78, 5) is 15.4. The van der Waals surface area contributed by atoms with Crippen LogP contribution in [0.3, 0.4) is 0 Å². The second-order valence-electron chi connectivity index (χ2n) is 3.87. The number of anilines is 1. The number of nitrogens with zero attached hydrogens (tertiary/aromatic N) is 3. The van der Waals surface area contributed by atoms with Crippen molar-refractivity contribution in [2.75, 3.05) is 5.32 Å². The Hall–Kier alpha value is -1.85. The lowest BCUT2D eigenvalue weighted by Crippen LogP contribution is -2.16. The number of aromatic nitrogens is 4. The van der Waals surface area contributed by atoms with E-state index < -0.39 is 0 Å². The number of aromatic amines is 1. The van der Waals surface area contributed by atoms with Gasteiger partial charge in [-0.2, -0.15) is 5.10 Å². The zero-order valence-electron chi connectivity index (χ0n) is 9.40. The molecule has 1 unspecified atom stereocenters. The van der Waals surface area contributed by atoms with Crippen LogP contribution in [0.1, 0.15) is 26.7 Å². The molecular weight excluding hydrogens is 206 g/mol. The molecule has 0 fully saturated rings. The van der Waals surface area contributed by atoms with Gasteiger partial charge in [-0.1, -0.05) is 13.3 Å². The van der Waals surface area contributed by atoms with Crippen LogP contribution in [0.4, 0.5) is 5.82 Å². The fraction of sp³-hybridized carbons (Fsp3) is 0.500. The van der Waals surface area contributed by atoms with Crippen molar-refractivity contribution >= 4 is 11.5 Å². The Labute approximate surface area is 92.7 Å². The largest absolute Gasteiger partial charge is 0.367 e. The van der Waals surface area contributed by atoms with Crippen molar-refractivity contribution in [2.24, 2.45) is 0 Å². The van der Waals surface area contributed by atoms with Crippen LogP contribution in [0.15, 0.2) is 17.2 Å². The van der Waals surface area contributed by atoms with Crippen molar-refractivity contribution in [3.8, 4) is 0 Å². The number of rotatable bonds is 4. The van der Waals surface area contributed by atoms with E-state index in [2.05, 4.69) is 34.3 Å². The molecule has 86 valence electrons. The van der Waals surface area contributed by atoms with Crippen molar-refractivity contribution in [3.63, 3.8) is 0 Å². The first-order valence-corrected chi connectivity index (χ1v) is 5.40. The average molecular weight is 221 g/mol. The summed E-state index contributed by atoms with van der Waals surface area (Å²) in [6, 6.07) is 2.12. The first-order chi connectivity index (χ1) is 7.70. The molecule has 16 heavy (non-hydrogen) atoms. The number of hydrogen-bond donors (Lipinski definition) is 2. The normalized spacial score (nSPS) is 12.9. The van der Waals surface area contributed by atoms with Gasteiger partial charge in [0.2, 0.25) is 0 Å². The fourth-order valence-electron chi connectivity index (χ4n) is 1.65. The Morgan fingerprint density at radius 3 is 3.19 bits per heavy atom. The lowest BCUT2D eigenvalue weighted by Gasteiger charge is -2.12. The third-order valence-electron chi connectivity index (χ3n) is 2.43. The van der Waals surface area contributed by atoms with Crippen molar-refractivity contribution < 1.29 is 0 Å². The third-order valence-corrected chi connectivity index (χ3v) is 2.43. The standard InChI is InChI=1S/C10H15N5O/c1-3-4-7(2)12-8-5-9-13-14-10(16)15(9)6-11-8/h5-7,12H,3-4H2,1-2H3,(H,14,16). The molecule has 0 radical (unpaired) electrons. The Balaban J connectivity index is 2.23. The fourth-order valence-corrected chi connectivity index (χ4v) is 1.65. The van der Waals surface area contributed by atoms with Gasteiger partial charge in [-0.3, -0.25) is 0 Å². The van der Waals surface area contributed by atoms with E-state index in [-0.39, 0.29) is 5.69 Å². The Morgan fingerprint density at radius 1 is 1.62 bits per heavy atom. The molecule has 2 aromatic rings. The van der Waals surface area contributed by atoms with E-state index in [4.69, 9.17) is 0 Å². The smallest absolute Gasteiger partial charge is 0.348 e. The highest BCUT2D eigenvalue weighted by Crippen LogP contribution is 2.08. The molecule has 0 bridgehead atoms. The van der Waals surface area contributed by atoms with Gasteiger partial charge in [0.1, 0.15) is 12.1 Å². The number of nitrogens with one attached hydrogen (secondary N) is 2. The molecule has 2 rings (SSSR count). The van der Waals surface area contributed by atoms with E-state index in [1.54, 1.807) is 6.07 Å². The van der Waals surface area contributed by atoms with Crippen LogP contribution in [-0.4, -0.2) is 25.6 Å². The summed E-state index contributed by atoms with van der Waals surface area (Å²) < 4.78 is 1.37. The Bertz CT molecular complexity index is 529. The van der Waals surface area contributed by atoms with Gasteiger partial charge in [0.05, 0.1) is 0 Å². The molecule has 2 heterocycles. The first kappa shape index (κ1) is 10.7. The Kier molecular flexibility index (Phi) is 2.89. The molecule has 0 saturated heterocycles. The highest BCUT2D eigenvalue weighted by Gasteiger charge is 2.04. The Morgan fingerprint density at radius 2 is 2.44 bits per heavy atom. The van der Waals surface area contributed by atoms with Crippen LogP contribution < -0.4 is 11.0 Å². The zero-order valence-corrected chi connectivity index (χ0v) is 9.40. The predicted molar refractivity (Wildman–Crippen MR) is 61.6 cm³/mol. The highest BCUT2D eigenvalue weighted by atomic mass is 16.1. The molecule has 0 aliphatic heterocycles. The molecule has 6 heteroatoms. The van der Waals surface area contributed by atoms with Gasteiger partial charge >= 0.3 is 5.69 Å². The molecule has 0 aromatic carbocycles. The summed E-state index contributed by atoms with van der Waals surface area (Å²) in [7, 11) is 0. The molecule has 6 nitrogen and oxygen atoms in total. The minimum atomic E-state index is -0.268. The molecule has 0 amide bonds. The molecular formula is C10H15N5O. The molecule has 0 spiro atoms. The van der Waals surface area contributed by atoms with Crippen molar-refractivity contribution in [1.82, 2.24) is 19.6 Å². The lowest BCUT2D eigenvalue weighted by molar-refractivity contribution is 0.687. The monoisotopic (exact) mass is 221 g/mol. The summed E-state index contributed by atoms with van der Waals surface area (Å²) in [5.41, 5.74) is 0.307. The molecule has 0 saturated carbocycles. The van der Waals surface area contributed by atoms with E-state index in [0.29, 0.717) is 11.7 Å². The van der Waals surface area contributed by atoms with Gasteiger partial charge in [0, 0.05) is 12.1 Å². The van der Waals surface area contributed by atoms with Crippen LogP contribution >= 0.6 is 0 Å². The van der Waals surface area contributed by atoms with Crippen LogP contribution in [0.2, 0.25) is 0 Å². The van der Waals surface area contributed by atoms with Crippen molar-refractivity contribution in [3.05, 3.63) is 22.9 Å². The third kappa shape index (κ3) is 2.05. The summed E-state index contributed by atoms with van der Waals surface area (Å²) in [5.74, 6) is 0.743. The highest BCUT2D eigenvalue weighted by molar-refractivity contribution is 5.48. The lowest BCUT2D eigenvalue weighted by atomic mass is 10.2. The summed E-state index contributed by atoms with van der Waals surface area (Å²) in [6.07, 6.45) is 3.68. The zero-order chi connectivity index (χ0) is 11.5. The van der Waals surface area contributed by atoms with Gasteiger partial charge in [0.15, 0.2) is 5.65 Å². The minimum absolute atomic E-state index is 0.268. The predicted octanol–water partition coefficient (Wildman–Crippen LogP) is 1.02. The van der Waals surface area contributed by atoms with E-state index in [0.717, 1.165) is 18.7 Å². The molecule has 0 aliphatic rings. The second-order valence-corrected chi connectivity index (χ2v) is 3.87. The minimum Gasteiger partial charge on any atom is -0.367 e. The van der Waals surface area contributed by atoms with Crippen molar-refractivity contribution in [1.29, 1.82) is 0 Å². The number of fused-ring (bicyclic) bond motifs is 1. The van der Waals surface area contributed by atoms with Crippen LogP contribution in [-0.2, 0) is 0 Å². The molecule has 2 aromatic heterocycles. The average Bonchev–Trinajstić information content (AvgIpc) is 2.60. The van der Waals surface area contributed by atoms with Crippen molar-refractivity contribution in [2.45, 2.75) is 32.7 Å². The van der Waals surface area contributed by atoms with E-state index >= 15 is 0 Å². The topological polar surface area (TPSA) is 75.1 Å². The first-order valence-electron chi connectivity index (χ1n) is 5.40. The van der Waals surface area contributed by atoms with Gasteiger partial charge in [-0.05, 0) is 13.3 Å². The summed E-state index contributed by atoms with van der Waals surface area (Å²) >= 11 is 0. The van der Waals surface area contributed by atoms with Crippen LogP contribution in [0, 0.1) is 0 Å². The van der Waals surface area contributed by atoms with Crippen LogP contribution in [0.5, 0.6) is 0 Å². The second kappa shape index (κ2) is 4.34. The van der Waals surface area contributed by atoms with E-state index in [1.807, 2.05) is 0 Å².